The highest BCUT2D eigenvalue weighted by Gasteiger charge is 2.44. The molecule has 0 aliphatic carbocycles. The van der Waals surface area contributed by atoms with E-state index in [0.717, 1.165) is 4.57 Å². The van der Waals surface area contributed by atoms with Crippen LogP contribution in [0.5, 0.6) is 0 Å². The lowest BCUT2D eigenvalue weighted by Gasteiger charge is -2.25. The monoisotopic (exact) mass is 287 g/mol. The zero-order valence-electron chi connectivity index (χ0n) is 10.2. The number of hydrogen-bond donors (Lipinski definition) is 4. The Morgan fingerprint density at radius 2 is 2.30 bits per heavy atom. The maximum Gasteiger partial charge on any atom is 0.351 e. The molecule has 10 heteroatoms. The molecule has 20 heavy (non-hydrogen) atoms. The highest BCUT2D eigenvalue weighted by Crippen LogP contribution is 2.32. The third kappa shape index (κ3) is 2.77. The molecular formula is C10H13N3O7. The van der Waals surface area contributed by atoms with Crippen molar-refractivity contribution in [2.75, 3.05) is 5.48 Å². The van der Waals surface area contributed by atoms with Crippen molar-refractivity contribution in [2.45, 2.75) is 31.1 Å². The number of nitrogens with one attached hydrogen (secondary N) is 1. The molecule has 0 saturated carbocycles. The predicted molar refractivity (Wildman–Crippen MR) is 61.4 cm³/mol. The maximum absolute atomic E-state index is 11.7. The Balaban J connectivity index is 2.13. The molecule has 4 N–H and O–H groups in total. The van der Waals surface area contributed by atoms with Gasteiger partial charge in [0.2, 0.25) is 0 Å². The Kier molecular flexibility index (Phi) is 3.99. The fourth-order valence-electron chi connectivity index (χ4n) is 1.94. The van der Waals surface area contributed by atoms with Gasteiger partial charge in [0.25, 0.3) is 6.47 Å². The van der Waals surface area contributed by atoms with E-state index in [1.165, 1.54) is 12.3 Å². The number of carbonyl (C=O) groups excluding carboxylic acids is 1. The lowest BCUT2D eigenvalue weighted by molar-refractivity contribution is -0.358. The minimum Gasteiger partial charge on any atom is -0.408 e. The Labute approximate surface area is 112 Å². The third-order valence-corrected chi connectivity index (χ3v) is 2.89. The van der Waals surface area contributed by atoms with E-state index in [0.29, 0.717) is 6.42 Å². The standard InChI is InChI=1S/C10H13N3O7/c14-5-19-10(16,17)6-1-2-8(20-6)13-4-3-7(12-18)11-9(13)15/h3-6,8,16-18H,1-2H2,(H,11,12,15). The van der Waals surface area contributed by atoms with Gasteiger partial charge in [0, 0.05) is 6.20 Å². The van der Waals surface area contributed by atoms with Gasteiger partial charge in [0.05, 0.1) is 0 Å². The van der Waals surface area contributed by atoms with Crippen LogP contribution in [0.1, 0.15) is 19.1 Å². The molecule has 1 saturated heterocycles. The van der Waals surface area contributed by atoms with E-state index >= 15 is 0 Å². The molecule has 0 bridgehead atoms. The summed E-state index contributed by atoms with van der Waals surface area (Å²) in [5.74, 6) is -2.77. The summed E-state index contributed by atoms with van der Waals surface area (Å²) in [6, 6.07) is 1.34. The molecule has 0 radical (unpaired) electrons. The van der Waals surface area contributed by atoms with Gasteiger partial charge in [0.1, 0.15) is 6.23 Å². The van der Waals surface area contributed by atoms with Crippen molar-refractivity contribution in [1.82, 2.24) is 9.55 Å². The number of rotatable bonds is 5. The van der Waals surface area contributed by atoms with Gasteiger partial charge < -0.3 is 19.7 Å². The van der Waals surface area contributed by atoms with E-state index in [1.807, 2.05) is 0 Å². The summed E-state index contributed by atoms with van der Waals surface area (Å²) in [6.45, 7) is -0.105. The van der Waals surface area contributed by atoms with E-state index in [2.05, 4.69) is 9.72 Å². The van der Waals surface area contributed by atoms with Crippen LogP contribution in [0.4, 0.5) is 5.82 Å². The minimum atomic E-state index is -2.75. The van der Waals surface area contributed by atoms with Crippen LogP contribution < -0.4 is 11.2 Å². The van der Waals surface area contributed by atoms with Gasteiger partial charge in [-0.25, -0.2) is 4.79 Å². The van der Waals surface area contributed by atoms with Crippen LogP contribution in [0.25, 0.3) is 0 Å². The Bertz CT molecular complexity index is 544. The summed E-state index contributed by atoms with van der Waals surface area (Å²) >= 11 is 0. The van der Waals surface area contributed by atoms with Crippen molar-refractivity contribution in [3.63, 3.8) is 0 Å². The molecule has 1 aliphatic rings. The summed E-state index contributed by atoms with van der Waals surface area (Å²) in [7, 11) is 0. The van der Waals surface area contributed by atoms with Gasteiger partial charge >= 0.3 is 11.7 Å². The Morgan fingerprint density at radius 1 is 1.55 bits per heavy atom. The predicted octanol–water partition coefficient (Wildman–Crippen LogP) is -1.47. The fourth-order valence-corrected chi connectivity index (χ4v) is 1.94. The zero-order chi connectivity index (χ0) is 14.8. The molecule has 2 rings (SSSR count). The molecule has 0 spiro atoms. The van der Waals surface area contributed by atoms with Crippen LogP contribution in [0, 0.1) is 0 Å². The Hall–Kier alpha value is -2.01. The minimum absolute atomic E-state index is 0.0243. The second-order valence-electron chi connectivity index (χ2n) is 4.14. The third-order valence-electron chi connectivity index (χ3n) is 2.89. The number of anilines is 1. The number of hydrogen-bond acceptors (Lipinski definition) is 9. The van der Waals surface area contributed by atoms with Gasteiger partial charge in [0.15, 0.2) is 11.9 Å². The molecule has 1 aromatic heterocycles. The van der Waals surface area contributed by atoms with E-state index in [9.17, 15) is 19.8 Å². The van der Waals surface area contributed by atoms with E-state index in [1.54, 1.807) is 5.48 Å². The van der Waals surface area contributed by atoms with E-state index in [4.69, 9.17) is 9.94 Å². The number of ether oxygens (including phenoxy) is 2. The van der Waals surface area contributed by atoms with Crippen LogP contribution >= 0.6 is 0 Å². The average molecular weight is 287 g/mol. The molecule has 2 atom stereocenters. The van der Waals surface area contributed by atoms with Crippen LogP contribution in [0.2, 0.25) is 0 Å². The first-order valence-corrected chi connectivity index (χ1v) is 5.69. The lowest BCUT2D eigenvalue weighted by Crippen LogP contribution is -2.44. The van der Waals surface area contributed by atoms with E-state index in [-0.39, 0.29) is 18.7 Å². The average Bonchev–Trinajstić information content (AvgIpc) is 2.88. The first-order valence-electron chi connectivity index (χ1n) is 5.69. The van der Waals surface area contributed by atoms with Crippen molar-refractivity contribution in [2.24, 2.45) is 0 Å². The number of nitrogens with zero attached hydrogens (tertiary/aromatic N) is 2. The molecule has 10 nitrogen and oxygen atoms in total. The summed E-state index contributed by atoms with van der Waals surface area (Å²) in [5, 5.41) is 27.5. The highest BCUT2D eigenvalue weighted by atomic mass is 16.8. The van der Waals surface area contributed by atoms with Gasteiger partial charge in [-0.2, -0.15) is 4.98 Å². The second-order valence-corrected chi connectivity index (χ2v) is 4.14. The van der Waals surface area contributed by atoms with Gasteiger partial charge in [-0.05, 0) is 18.9 Å². The van der Waals surface area contributed by atoms with Crippen LogP contribution in [0.3, 0.4) is 0 Å². The van der Waals surface area contributed by atoms with Crippen molar-refractivity contribution < 1.29 is 29.7 Å². The molecular weight excluding hydrogens is 274 g/mol. The molecule has 1 fully saturated rings. The van der Waals surface area contributed by atoms with Crippen LogP contribution in [-0.2, 0) is 14.3 Å². The first-order chi connectivity index (χ1) is 9.47. The van der Waals surface area contributed by atoms with Crippen molar-refractivity contribution in [3.8, 4) is 0 Å². The topological polar surface area (TPSA) is 143 Å². The van der Waals surface area contributed by atoms with Gasteiger partial charge in [-0.15, -0.1) is 0 Å². The SMILES string of the molecule is O=COC(O)(O)C1CCC(n2ccc(NO)nc2=O)O1. The van der Waals surface area contributed by atoms with Crippen molar-refractivity contribution in [3.05, 3.63) is 22.7 Å². The molecule has 2 unspecified atom stereocenters. The normalized spacial score (nSPS) is 22.6. The van der Waals surface area contributed by atoms with Crippen LogP contribution in [0.15, 0.2) is 17.1 Å². The number of carbonyl (C=O) groups is 1. The van der Waals surface area contributed by atoms with E-state index < -0.39 is 24.0 Å². The smallest absolute Gasteiger partial charge is 0.351 e. The highest BCUT2D eigenvalue weighted by molar-refractivity contribution is 5.37. The number of aromatic nitrogens is 2. The van der Waals surface area contributed by atoms with Crippen molar-refractivity contribution >= 4 is 12.3 Å². The molecule has 1 aliphatic heterocycles. The first kappa shape index (κ1) is 14.4. The summed E-state index contributed by atoms with van der Waals surface area (Å²) < 4.78 is 10.5. The fraction of sp³-hybridized carbons (Fsp3) is 0.500. The summed E-state index contributed by atoms with van der Waals surface area (Å²) in [5.41, 5.74) is 1.04. The number of aliphatic hydroxyl groups is 2. The molecule has 2 heterocycles. The lowest BCUT2D eigenvalue weighted by atomic mass is 10.2. The molecule has 110 valence electrons. The van der Waals surface area contributed by atoms with Crippen LogP contribution in [-0.4, -0.2) is 43.5 Å². The second kappa shape index (κ2) is 5.54. The zero-order valence-corrected chi connectivity index (χ0v) is 10.2. The quantitative estimate of drug-likeness (QED) is 0.290. The summed E-state index contributed by atoms with van der Waals surface area (Å²) in [4.78, 5) is 25.3. The van der Waals surface area contributed by atoms with Crippen molar-refractivity contribution in [1.29, 1.82) is 0 Å². The Morgan fingerprint density at radius 3 is 2.90 bits per heavy atom. The van der Waals surface area contributed by atoms with Gasteiger partial charge in [-0.3, -0.25) is 20.0 Å². The largest absolute Gasteiger partial charge is 0.408 e. The maximum atomic E-state index is 11.7. The molecule has 0 amide bonds. The van der Waals surface area contributed by atoms with Gasteiger partial charge in [-0.1, -0.05) is 0 Å². The molecule has 0 aromatic carbocycles. The summed E-state index contributed by atoms with van der Waals surface area (Å²) in [6.07, 6.45) is -0.166. The molecule has 1 aromatic rings.